The van der Waals surface area contributed by atoms with E-state index in [1.165, 1.54) is 33.0 Å². The number of ketones is 2. The Hall–Kier alpha value is -3.50. The standard InChI is InChI=1S/C47H73NO14/c1-12-34-20-26(2)19-27(3)21-40(57-10)43-41(58-11)23-29(5)47(55,62-43)44(52)45(53)48-18-14-13-15-35(48)46(54)61-42(30(6)38(25-36(34)51)60-32(8)50)28(4)22-33-16-17-37(59-31(7)49)39(24-33)56-9/h20,22,27,29-30,33-35,37-43,55H,12-19,21,23-25H2,1-11H3/b26-20+,28-22+/t27-,29+,30+,33-,34+,35-,37+,38-,39+,40?,41-,42+,43+,47+/m0/s1. The van der Waals surface area contributed by atoms with Crippen molar-refractivity contribution in [3.05, 3.63) is 23.3 Å². The highest BCUT2D eigenvalue weighted by Crippen LogP contribution is 2.39. The van der Waals surface area contributed by atoms with Gasteiger partial charge in [-0.2, -0.15) is 0 Å². The van der Waals surface area contributed by atoms with Crippen molar-refractivity contribution in [1.29, 1.82) is 0 Å². The van der Waals surface area contributed by atoms with Gasteiger partial charge < -0.3 is 43.2 Å². The number of rotatable bonds is 8. The summed E-state index contributed by atoms with van der Waals surface area (Å²) < 4.78 is 41.6. The first-order chi connectivity index (χ1) is 29.3. The Morgan fingerprint density at radius 2 is 1.47 bits per heavy atom. The molecule has 0 aromatic carbocycles. The quantitative estimate of drug-likeness (QED) is 0.137. The lowest BCUT2D eigenvalue weighted by molar-refractivity contribution is -0.302. The predicted molar refractivity (Wildman–Crippen MR) is 227 cm³/mol. The molecule has 0 radical (unpaired) electrons. The smallest absolute Gasteiger partial charge is 0.329 e. The van der Waals surface area contributed by atoms with Crippen molar-refractivity contribution in [2.24, 2.45) is 29.6 Å². The van der Waals surface area contributed by atoms with Crippen LogP contribution >= 0.6 is 0 Å². The highest BCUT2D eigenvalue weighted by Gasteiger charge is 2.56. The van der Waals surface area contributed by atoms with E-state index in [1.807, 2.05) is 39.8 Å². The van der Waals surface area contributed by atoms with Gasteiger partial charge in [0.25, 0.3) is 11.7 Å². The Morgan fingerprint density at radius 1 is 0.839 bits per heavy atom. The molecule has 3 heterocycles. The number of esters is 3. The molecule has 3 aliphatic heterocycles. The largest absolute Gasteiger partial charge is 0.462 e. The van der Waals surface area contributed by atoms with E-state index in [-0.39, 0.29) is 49.5 Å². The molecule has 2 bridgehead atoms. The molecule has 3 fully saturated rings. The minimum atomic E-state index is -2.53. The van der Waals surface area contributed by atoms with Gasteiger partial charge in [0.1, 0.15) is 36.2 Å². The van der Waals surface area contributed by atoms with Crippen LogP contribution in [0.4, 0.5) is 0 Å². The summed E-state index contributed by atoms with van der Waals surface area (Å²) >= 11 is 0. The summed E-state index contributed by atoms with van der Waals surface area (Å²) in [5.41, 5.74) is 1.60. The third-order valence-electron chi connectivity index (χ3n) is 13.5. The molecule has 1 unspecified atom stereocenters. The summed E-state index contributed by atoms with van der Waals surface area (Å²) in [6.07, 6.45) is 3.61. The molecule has 0 spiro atoms. The monoisotopic (exact) mass is 876 g/mol. The molecular formula is C47H73NO14. The fourth-order valence-corrected chi connectivity index (χ4v) is 10.1. The number of Topliss-reactive ketones (excluding diaryl/α,β-unsaturated/α-hetero) is 2. The van der Waals surface area contributed by atoms with Crippen LogP contribution < -0.4 is 0 Å². The molecule has 15 nitrogen and oxygen atoms in total. The van der Waals surface area contributed by atoms with E-state index in [0.29, 0.717) is 56.9 Å². The number of nitrogens with zero attached hydrogens (tertiary/aromatic N) is 1. The first kappa shape index (κ1) is 51.1. The number of hydrogen-bond acceptors (Lipinski definition) is 14. The number of hydrogen-bond donors (Lipinski definition) is 1. The molecule has 0 aromatic rings. The molecule has 1 N–H and O–H groups in total. The van der Waals surface area contributed by atoms with E-state index in [4.69, 9.17) is 33.2 Å². The minimum absolute atomic E-state index is 0.00119. The van der Waals surface area contributed by atoms with Gasteiger partial charge in [0.2, 0.25) is 5.79 Å². The van der Waals surface area contributed by atoms with E-state index in [0.717, 1.165) is 5.57 Å². The summed E-state index contributed by atoms with van der Waals surface area (Å²) in [6.45, 7) is 13.8. The molecule has 2 saturated heterocycles. The fourth-order valence-electron chi connectivity index (χ4n) is 10.1. The second-order valence-electron chi connectivity index (χ2n) is 18.3. The molecule has 15 heteroatoms. The Balaban J connectivity index is 1.82. The molecule has 4 rings (SSSR count). The fraction of sp³-hybridized carbons (Fsp3) is 0.787. The lowest BCUT2D eigenvalue weighted by atomic mass is 9.81. The second-order valence-corrected chi connectivity index (χ2v) is 18.3. The van der Waals surface area contributed by atoms with Crippen LogP contribution in [0.25, 0.3) is 0 Å². The Bertz CT molecular complexity index is 1660. The first-order valence-corrected chi connectivity index (χ1v) is 22.5. The van der Waals surface area contributed by atoms with Gasteiger partial charge in [-0.3, -0.25) is 24.0 Å². The second kappa shape index (κ2) is 22.9. The number of carbonyl (C=O) groups excluding carboxylic acids is 6. The molecule has 1 aliphatic carbocycles. The van der Waals surface area contributed by atoms with E-state index in [9.17, 15) is 33.9 Å². The van der Waals surface area contributed by atoms with Crippen LogP contribution in [0, 0.1) is 29.6 Å². The van der Waals surface area contributed by atoms with Crippen molar-refractivity contribution < 1.29 is 67.0 Å². The van der Waals surface area contributed by atoms with Gasteiger partial charge in [0.05, 0.1) is 18.3 Å². The molecule has 350 valence electrons. The van der Waals surface area contributed by atoms with Crippen LogP contribution in [0.1, 0.15) is 126 Å². The van der Waals surface area contributed by atoms with Crippen LogP contribution in [-0.4, -0.2) is 128 Å². The van der Waals surface area contributed by atoms with Crippen LogP contribution in [0.15, 0.2) is 23.3 Å². The number of allylic oxidation sites excluding steroid dienone is 3. The van der Waals surface area contributed by atoms with Crippen molar-refractivity contribution in [2.45, 2.75) is 181 Å². The zero-order valence-corrected chi connectivity index (χ0v) is 38.8. The topological polar surface area (TPSA) is 190 Å². The van der Waals surface area contributed by atoms with Crippen molar-refractivity contribution in [1.82, 2.24) is 4.90 Å². The zero-order chi connectivity index (χ0) is 46.1. The average molecular weight is 876 g/mol. The molecule has 62 heavy (non-hydrogen) atoms. The molecule has 1 amide bonds. The number of amides is 1. The van der Waals surface area contributed by atoms with Gasteiger partial charge in [0, 0.05) is 65.9 Å². The lowest BCUT2D eigenvalue weighted by Crippen LogP contribution is -2.64. The molecule has 4 aliphatic rings. The minimum Gasteiger partial charge on any atom is -0.462 e. The normalized spacial score (nSPS) is 38.5. The van der Waals surface area contributed by atoms with Gasteiger partial charge in [-0.25, -0.2) is 4.79 Å². The van der Waals surface area contributed by atoms with Crippen molar-refractivity contribution in [3.63, 3.8) is 0 Å². The Morgan fingerprint density at radius 3 is 2.08 bits per heavy atom. The van der Waals surface area contributed by atoms with Crippen LogP contribution in [-0.2, 0) is 61.9 Å². The van der Waals surface area contributed by atoms with Gasteiger partial charge in [-0.15, -0.1) is 0 Å². The highest BCUT2D eigenvalue weighted by molar-refractivity contribution is 6.39. The highest BCUT2D eigenvalue weighted by atomic mass is 16.7. The number of aliphatic hydroxyl groups is 1. The molecule has 14 atom stereocenters. The van der Waals surface area contributed by atoms with E-state index in [2.05, 4.69) is 0 Å². The third kappa shape index (κ3) is 12.6. The number of carbonyl (C=O) groups is 6. The van der Waals surface area contributed by atoms with Crippen molar-refractivity contribution in [3.8, 4) is 0 Å². The zero-order valence-electron chi connectivity index (χ0n) is 38.8. The van der Waals surface area contributed by atoms with Crippen molar-refractivity contribution >= 4 is 35.4 Å². The van der Waals surface area contributed by atoms with Gasteiger partial charge in [-0.1, -0.05) is 45.4 Å². The summed E-state index contributed by atoms with van der Waals surface area (Å²) in [5, 5.41) is 12.1. The number of piperidine rings is 1. The SMILES string of the molecule is CC[C@@H]1/C=C(\C)C[C@H](C)CC(OC)[C@H]2O[C@@](O)(C(=O)C(=O)N3CCCC[C@H]3C(=O)O[C@H](/C(C)=C/[C@@H]3CC[C@@H](OC(C)=O)[C@H](OC)C3)[C@H](C)[C@@H](OC(C)=O)CC1=O)[C@H](C)C[C@@H]2OC. The maximum Gasteiger partial charge on any atom is 0.329 e. The first-order valence-electron chi connectivity index (χ1n) is 22.5. The third-order valence-corrected chi connectivity index (χ3v) is 13.5. The lowest BCUT2D eigenvalue weighted by Gasteiger charge is -2.47. The number of cyclic esters (lactones) is 1. The van der Waals surface area contributed by atoms with Gasteiger partial charge in [-0.05, 0) is 95.5 Å². The van der Waals surface area contributed by atoms with Crippen molar-refractivity contribution in [2.75, 3.05) is 27.9 Å². The maximum absolute atomic E-state index is 14.6. The van der Waals surface area contributed by atoms with Crippen LogP contribution in [0.3, 0.4) is 0 Å². The number of fused-ring (bicyclic) bond motifs is 3. The van der Waals surface area contributed by atoms with Gasteiger partial charge in [0.15, 0.2) is 0 Å². The van der Waals surface area contributed by atoms with Crippen LogP contribution in [0.2, 0.25) is 0 Å². The van der Waals surface area contributed by atoms with Gasteiger partial charge >= 0.3 is 17.9 Å². The summed E-state index contributed by atoms with van der Waals surface area (Å²) in [4.78, 5) is 83.1. The summed E-state index contributed by atoms with van der Waals surface area (Å²) in [6, 6.07) is -1.18. The van der Waals surface area contributed by atoms with Crippen LogP contribution in [0.5, 0.6) is 0 Å². The maximum atomic E-state index is 14.6. The molecule has 1 saturated carbocycles. The Labute approximate surface area is 367 Å². The number of methoxy groups -OCH3 is 3. The van der Waals surface area contributed by atoms with E-state index < -0.39 is 95.8 Å². The average Bonchev–Trinajstić information content (AvgIpc) is 3.23. The molecule has 0 aromatic heterocycles. The van der Waals surface area contributed by atoms with E-state index >= 15 is 0 Å². The predicted octanol–water partition coefficient (Wildman–Crippen LogP) is 5.61. The molecular weight excluding hydrogens is 803 g/mol. The number of ether oxygens (including phenoxy) is 7. The summed E-state index contributed by atoms with van der Waals surface area (Å²) in [5.74, 6) is -8.83. The summed E-state index contributed by atoms with van der Waals surface area (Å²) in [7, 11) is 4.61. The van der Waals surface area contributed by atoms with E-state index in [1.54, 1.807) is 21.0 Å². The Kier molecular flexibility index (Phi) is 18.9.